The molecule has 7 heteroatoms. The third-order valence-electron chi connectivity index (χ3n) is 2.35. The zero-order valence-electron chi connectivity index (χ0n) is 11.7. The van der Waals surface area contributed by atoms with Crippen LogP contribution in [0.1, 0.15) is 15.9 Å². The van der Waals surface area contributed by atoms with Crippen molar-refractivity contribution in [3.8, 4) is 11.8 Å². The number of nitrogens with one attached hydrogen (secondary N) is 2. The zero-order valence-corrected chi connectivity index (χ0v) is 11.7. The molecule has 0 saturated carbocycles. The molecule has 0 aromatic carbocycles. The molecule has 1 aromatic rings. The Balaban J connectivity index is 2.50. The fraction of sp³-hybridized carbons (Fsp3) is 0.357. The molecule has 0 aliphatic carbocycles. The minimum absolute atomic E-state index is 0.130. The fourth-order valence-corrected chi connectivity index (χ4v) is 1.39. The molecule has 1 rings (SSSR count). The first-order valence-corrected chi connectivity index (χ1v) is 6.26. The topological polar surface area (TPSA) is 101 Å². The van der Waals surface area contributed by atoms with E-state index < -0.39 is 5.91 Å². The molecule has 7 nitrogen and oxygen atoms in total. The van der Waals surface area contributed by atoms with Crippen LogP contribution in [-0.4, -0.2) is 55.3 Å². The lowest BCUT2D eigenvalue weighted by Gasteiger charge is -2.06. The van der Waals surface area contributed by atoms with E-state index in [-0.39, 0.29) is 19.1 Å². The van der Waals surface area contributed by atoms with Gasteiger partial charge in [0, 0.05) is 31.6 Å². The maximum atomic E-state index is 11.9. The van der Waals surface area contributed by atoms with Gasteiger partial charge in [-0.1, -0.05) is 11.8 Å². The average molecular weight is 291 g/mol. The number of aromatic nitrogens is 1. The highest BCUT2D eigenvalue weighted by molar-refractivity contribution is 5.96. The highest BCUT2D eigenvalue weighted by Crippen LogP contribution is 2.01. The Hall–Kier alpha value is -2.43. The minimum Gasteiger partial charge on any atom is -0.384 e. The number of pyridine rings is 1. The van der Waals surface area contributed by atoms with Gasteiger partial charge in [0.05, 0.1) is 18.7 Å². The maximum Gasteiger partial charge on any atom is 0.253 e. The summed E-state index contributed by atoms with van der Waals surface area (Å²) in [5, 5.41) is 13.7. The lowest BCUT2D eigenvalue weighted by atomic mass is 10.2. The van der Waals surface area contributed by atoms with Crippen molar-refractivity contribution in [2.24, 2.45) is 0 Å². The Labute approximate surface area is 122 Å². The van der Waals surface area contributed by atoms with E-state index in [9.17, 15) is 9.59 Å². The normalized spacial score (nSPS) is 9.43. The van der Waals surface area contributed by atoms with E-state index in [0.29, 0.717) is 24.3 Å². The van der Waals surface area contributed by atoms with Crippen LogP contribution in [0, 0.1) is 11.8 Å². The van der Waals surface area contributed by atoms with Gasteiger partial charge in [-0.15, -0.1) is 0 Å². The third kappa shape index (κ3) is 6.51. The quantitative estimate of drug-likeness (QED) is 0.457. The van der Waals surface area contributed by atoms with Crippen molar-refractivity contribution < 1.29 is 19.4 Å². The SMILES string of the molecule is COCCNC(=O)CNC(=O)c1cncc(C#CCO)c1. The molecule has 2 amide bonds. The summed E-state index contributed by atoms with van der Waals surface area (Å²) in [6.45, 7) is 0.404. The number of hydrogen-bond donors (Lipinski definition) is 3. The van der Waals surface area contributed by atoms with Crippen LogP contribution in [0.15, 0.2) is 18.5 Å². The van der Waals surface area contributed by atoms with Crippen LogP contribution < -0.4 is 10.6 Å². The number of aliphatic hydroxyl groups is 1. The summed E-state index contributed by atoms with van der Waals surface area (Å²) in [4.78, 5) is 27.2. The fourth-order valence-electron chi connectivity index (χ4n) is 1.39. The molecular weight excluding hydrogens is 274 g/mol. The molecule has 0 aliphatic rings. The summed E-state index contributed by atoms with van der Waals surface area (Å²) in [5.74, 6) is 4.40. The van der Waals surface area contributed by atoms with Gasteiger partial charge in [-0.3, -0.25) is 14.6 Å². The van der Waals surface area contributed by atoms with E-state index in [1.54, 1.807) is 0 Å². The lowest BCUT2D eigenvalue weighted by molar-refractivity contribution is -0.120. The smallest absolute Gasteiger partial charge is 0.253 e. The van der Waals surface area contributed by atoms with Gasteiger partial charge in [-0.25, -0.2) is 0 Å². The minimum atomic E-state index is -0.419. The molecule has 3 N–H and O–H groups in total. The van der Waals surface area contributed by atoms with Gasteiger partial charge >= 0.3 is 0 Å². The molecule has 0 saturated heterocycles. The van der Waals surface area contributed by atoms with Crippen LogP contribution >= 0.6 is 0 Å². The summed E-state index contributed by atoms with van der Waals surface area (Å²) in [6.07, 6.45) is 2.86. The predicted molar refractivity (Wildman–Crippen MR) is 75.4 cm³/mol. The number of amides is 2. The van der Waals surface area contributed by atoms with E-state index in [1.807, 2.05) is 0 Å². The van der Waals surface area contributed by atoms with Crippen LogP contribution in [0.2, 0.25) is 0 Å². The molecule has 1 aromatic heterocycles. The largest absolute Gasteiger partial charge is 0.384 e. The summed E-state index contributed by atoms with van der Waals surface area (Å²) < 4.78 is 4.79. The second-order valence-corrected chi connectivity index (χ2v) is 3.95. The standard InChI is InChI=1S/C14H17N3O4/c1-21-6-4-16-13(19)10-17-14(20)12-7-11(3-2-5-18)8-15-9-12/h7-9,18H,4-6,10H2,1H3,(H,16,19)(H,17,20). The maximum absolute atomic E-state index is 11.9. The Morgan fingerprint density at radius 1 is 1.38 bits per heavy atom. The number of carbonyl (C=O) groups excluding carboxylic acids is 2. The summed E-state index contributed by atoms with van der Waals surface area (Å²) >= 11 is 0. The first kappa shape index (κ1) is 16.6. The van der Waals surface area contributed by atoms with E-state index in [0.717, 1.165) is 0 Å². The monoisotopic (exact) mass is 291 g/mol. The summed E-state index contributed by atoms with van der Waals surface area (Å²) in [7, 11) is 1.54. The molecule has 0 bridgehead atoms. The molecule has 112 valence electrons. The van der Waals surface area contributed by atoms with Crippen molar-refractivity contribution in [1.82, 2.24) is 15.6 Å². The van der Waals surface area contributed by atoms with Crippen molar-refractivity contribution in [1.29, 1.82) is 0 Å². The molecule has 0 radical (unpaired) electrons. The highest BCUT2D eigenvalue weighted by Gasteiger charge is 2.08. The third-order valence-corrected chi connectivity index (χ3v) is 2.35. The lowest BCUT2D eigenvalue weighted by Crippen LogP contribution is -2.38. The molecule has 21 heavy (non-hydrogen) atoms. The first-order valence-electron chi connectivity index (χ1n) is 6.26. The van der Waals surface area contributed by atoms with Crippen LogP contribution in [0.3, 0.4) is 0 Å². The van der Waals surface area contributed by atoms with E-state index in [1.165, 1.54) is 25.6 Å². The number of methoxy groups -OCH3 is 1. The van der Waals surface area contributed by atoms with Crippen molar-refractivity contribution in [3.63, 3.8) is 0 Å². The van der Waals surface area contributed by atoms with Gasteiger partial charge in [0.2, 0.25) is 5.91 Å². The highest BCUT2D eigenvalue weighted by atomic mass is 16.5. The zero-order chi connectivity index (χ0) is 15.5. The van der Waals surface area contributed by atoms with Crippen molar-refractivity contribution >= 4 is 11.8 Å². The second kappa shape index (κ2) is 9.47. The van der Waals surface area contributed by atoms with Crippen LogP contribution in [0.5, 0.6) is 0 Å². The van der Waals surface area contributed by atoms with E-state index in [4.69, 9.17) is 9.84 Å². The summed E-state index contributed by atoms with van der Waals surface area (Å²) in [5.41, 5.74) is 0.811. The Bertz CT molecular complexity index is 549. The number of nitrogens with zero attached hydrogens (tertiary/aromatic N) is 1. The number of aliphatic hydroxyl groups excluding tert-OH is 1. The molecule has 0 unspecified atom stereocenters. The predicted octanol–water partition coefficient (Wildman–Crippen LogP) is -1.08. The van der Waals surface area contributed by atoms with Gasteiger partial charge in [0.15, 0.2) is 0 Å². The molecule has 1 heterocycles. The van der Waals surface area contributed by atoms with E-state index >= 15 is 0 Å². The molecule has 0 fully saturated rings. The molecular formula is C14H17N3O4. The van der Waals surface area contributed by atoms with Crippen LogP contribution in [0.4, 0.5) is 0 Å². The van der Waals surface area contributed by atoms with Crippen LogP contribution in [-0.2, 0) is 9.53 Å². The van der Waals surface area contributed by atoms with Gasteiger partial charge in [0.25, 0.3) is 5.91 Å². The van der Waals surface area contributed by atoms with E-state index in [2.05, 4.69) is 27.5 Å². The van der Waals surface area contributed by atoms with Gasteiger partial charge in [-0.05, 0) is 6.07 Å². The Morgan fingerprint density at radius 3 is 2.90 bits per heavy atom. The number of ether oxygens (including phenoxy) is 1. The van der Waals surface area contributed by atoms with Gasteiger partial charge in [-0.2, -0.15) is 0 Å². The number of hydrogen-bond acceptors (Lipinski definition) is 5. The summed E-state index contributed by atoms with van der Waals surface area (Å²) in [6, 6.07) is 1.54. The number of rotatable bonds is 6. The molecule has 0 aliphatic heterocycles. The number of carbonyl (C=O) groups is 2. The second-order valence-electron chi connectivity index (χ2n) is 3.95. The van der Waals surface area contributed by atoms with Crippen molar-refractivity contribution in [2.45, 2.75) is 0 Å². The van der Waals surface area contributed by atoms with Gasteiger partial charge < -0.3 is 20.5 Å². The van der Waals surface area contributed by atoms with Crippen molar-refractivity contribution in [2.75, 3.05) is 33.4 Å². The Kier molecular flexibility index (Phi) is 7.50. The van der Waals surface area contributed by atoms with Crippen LogP contribution in [0.25, 0.3) is 0 Å². The molecule has 0 atom stereocenters. The molecule has 0 spiro atoms. The Morgan fingerprint density at radius 2 is 2.19 bits per heavy atom. The van der Waals surface area contributed by atoms with Crippen molar-refractivity contribution in [3.05, 3.63) is 29.6 Å². The van der Waals surface area contributed by atoms with Gasteiger partial charge in [0.1, 0.15) is 6.61 Å². The first-order chi connectivity index (χ1) is 10.2. The average Bonchev–Trinajstić information content (AvgIpc) is 2.51.